The van der Waals surface area contributed by atoms with Crippen molar-refractivity contribution < 1.29 is 28.4 Å². The van der Waals surface area contributed by atoms with Crippen molar-refractivity contribution in [2.24, 2.45) is 0 Å². The predicted octanol–water partition coefficient (Wildman–Crippen LogP) is 5.74. The molecule has 0 bridgehead atoms. The monoisotopic (exact) mass is 490 g/mol. The molecule has 0 aliphatic heterocycles. The molecule has 4 aromatic rings. The number of hydrogen-bond acceptors (Lipinski definition) is 6. The zero-order valence-corrected chi connectivity index (χ0v) is 21.0. The Kier molecular flexibility index (Phi) is 9.94. The topological polar surface area (TPSA) is 55.4 Å². The van der Waals surface area contributed by atoms with Gasteiger partial charge in [-0.2, -0.15) is 0 Å². The van der Waals surface area contributed by atoms with Crippen molar-refractivity contribution in [3.63, 3.8) is 0 Å². The molecule has 0 radical (unpaired) electrons. The summed E-state index contributed by atoms with van der Waals surface area (Å²) in [6.45, 7) is 4.03. The fourth-order valence-electron chi connectivity index (χ4n) is 4.17. The summed E-state index contributed by atoms with van der Waals surface area (Å²) >= 11 is 0. The van der Waals surface area contributed by atoms with Crippen molar-refractivity contribution in [2.45, 2.75) is 0 Å². The molecule has 0 atom stereocenters. The van der Waals surface area contributed by atoms with Gasteiger partial charge in [-0.1, -0.05) is 60.7 Å². The molecule has 0 heterocycles. The molecule has 0 spiro atoms. The fraction of sp³-hybridized carbons (Fsp3) is 0.333. The Labute approximate surface area is 212 Å². The van der Waals surface area contributed by atoms with E-state index in [1.807, 2.05) is 24.3 Å². The van der Waals surface area contributed by atoms with Crippen molar-refractivity contribution >= 4 is 21.5 Å². The van der Waals surface area contributed by atoms with E-state index in [0.717, 1.165) is 44.2 Å². The van der Waals surface area contributed by atoms with Gasteiger partial charge >= 0.3 is 0 Å². The van der Waals surface area contributed by atoms with Crippen LogP contribution in [0, 0.1) is 0 Å². The standard InChI is InChI=1S/C30H34O6/c1-31-15-17-33-19-21-35-27-13-11-23-7-3-5-9-25(23)29(27)30-26-10-6-4-8-24(26)12-14-28(30)36-22-20-34-18-16-32-2/h3-14H,15-22H2,1-2H3. The SMILES string of the molecule is COCCOCCOc1ccc2ccccc2c1-c1c(OCCOCCOC)ccc2ccccc12. The lowest BCUT2D eigenvalue weighted by Crippen LogP contribution is -2.11. The summed E-state index contributed by atoms with van der Waals surface area (Å²) in [5.41, 5.74) is 2.02. The molecule has 0 fully saturated rings. The van der Waals surface area contributed by atoms with Gasteiger partial charge in [-0.05, 0) is 33.7 Å². The quantitative estimate of drug-likeness (QED) is 0.198. The summed E-state index contributed by atoms with van der Waals surface area (Å²) < 4.78 is 33.9. The molecule has 0 saturated carbocycles. The number of rotatable bonds is 15. The summed E-state index contributed by atoms with van der Waals surface area (Å²) in [4.78, 5) is 0. The van der Waals surface area contributed by atoms with Crippen molar-refractivity contribution in [3.8, 4) is 22.6 Å². The molecule has 0 unspecified atom stereocenters. The van der Waals surface area contributed by atoms with Crippen molar-refractivity contribution in [1.82, 2.24) is 0 Å². The second-order valence-electron chi connectivity index (χ2n) is 8.23. The summed E-state index contributed by atoms with van der Waals surface area (Å²) in [7, 11) is 3.33. The van der Waals surface area contributed by atoms with E-state index in [4.69, 9.17) is 28.4 Å². The van der Waals surface area contributed by atoms with Crippen LogP contribution >= 0.6 is 0 Å². The minimum Gasteiger partial charge on any atom is -0.491 e. The maximum atomic E-state index is 6.29. The fourth-order valence-corrected chi connectivity index (χ4v) is 4.17. The van der Waals surface area contributed by atoms with Crippen LogP contribution in [0.5, 0.6) is 11.5 Å². The average molecular weight is 491 g/mol. The van der Waals surface area contributed by atoms with Crippen molar-refractivity contribution in [1.29, 1.82) is 0 Å². The molecule has 0 saturated heterocycles. The van der Waals surface area contributed by atoms with Crippen LogP contribution in [0.15, 0.2) is 72.8 Å². The number of fused-ring (bicyclic) bond motifs is 2. The maximum absolute atomic E-state index is 6.29. The van der Waals surface area contributed by atoms with E-state index in [1.165, 1.54) is 0 Å². The van der Waals surface area contributed by atoms with Crippen LogP contribution in [0.2, 0.25) is 0 Å². The first-order chi connectivity index (χ1) is 17.8. The van der Waals surface area contributed by atoms with Crippen LogP contribution in [0.4, 0.5) is 0 Å². The third-order valence-corrected chi connectivity index (χ3v) is 5.87. The van der Waals surface area contributed by atoms with Gasteiger partial charge in [-0.25, -0.2) is 0 Å². The predicted molar refractivity (Wildman–Crippen MR) is 143 cm³/mol. The highest BCUT2D eigenvalue weighted by molar-refractivity contribution is 6.09. The smallest absolute Gasteiger partial charge is 0.128 e. The average Bonchev–Trinajstić information content (AvgIpc) is 2.92. The van der Waals surface area contributed by atoms with E-state index in [9.17, 15) is 0 Å². The van der Waals surface area contributed by atoms with Crippen LogP contribution in [-0.4, -0.2) is 67.1 Å². The van der Waals surface area contributed by atoms with Gasteiger partial charge in [0.15, 0.2) is 0 Å². The van der Waals surface area contributed by atoms with Crippen LogP contribution < -0.4 is 9.47 Å². The largest absolute Gasteiger partial charge is 0.491 e. The molecule has 0 aliphatic carbocycles. The lowest BCUT2D eigenvalue weighted by atomic mass is 9.92. The van der Waals surface area contributed by atoms with E-state index in [0.29, 0.717) is 52.9 Å². The molecule has 0 aromatic heterocycles. The Morgan fingerprint density at radius 3 is 1.31 bits per heavy atom. The first-order valence-electron chi connectivity index (χ1n) is 12.3. The molecule has 36 heavy (non-hydrogen) atoms. The zero-order valence-electron chi connectivity index (χ0n) is 21.0. The Morgan fingerprint density at radius 2 is 0.861 bits per heavy atom. The minimum absolute atomic E-state index is 0.434. The Bertz CT molecular complexity index is 1140. The van der Waals surface area contributed by atoms with Gasteiger partial charge in [-0.3, -0.25) is 0 Å². The molecule has 6 nitrogen and oxygen atoms in total. The second kappa shape index (κ2) is 13.8. The highest BCUT2D eigenvalue weighted by atomic mass is 16.5. The van der Waals surface area contributed by atoms with E-state index >= 15 is 0 Å². The van der Waals surface area contributed by atoms with Crippen molar-refractivity contribution in [2.75, 3.05) is 67.1 Å². The Morgan fingerprint density at radius 1 is 0.444 bits per heavy atom. The molecule has 190 valence electrons. The summed E-state index contributed by atoms with van der Waals surface area (Å²) in [5.74, 6) is 1.59. The lowest BCUT2D eigenvalue weighted by Gasteiger charge is -2.20. The zero-order chi connectivity index (χ0) is 25.0. The molecule has 4 rings (SSSR count). The van der Waals surface area contributed by atoms with Gasteiger partial charge in [0.25, 0.3) is 0 Å². The van der Waals surface area contributed by atoms with Gasteiger partial charge < -0.3 is 28.4 Å². The summed E-state index contributed by atoms with van der Waals surface area (Å²) in [6.07, 6.45) is 0. The Balaban J connectivity index is 1.71. The van der Waals surface area contributed by atoms with Crippen LogP contribution in [0.1, 0.15) is 0 Å². The molecular formula is C30H34O6. The van der Waals surface area contributed by atoms with E-state index in [-0.39, 0.29) is 0 Å². The highest BCUT2D eigenvalue weighted by Gasteiger charge is 2.19. The van der Waals surface area contributed by atoms with Gasteiger partial charge in [-0.15, -0.1) is 0 Å². The summed E-state index contributed by atoms with van der Waals surface area (Å²) in [5, 5.41) is 4.48. The molecule has 0 amide bonds. The number of ether oxygens (including phenoxy) is 6. The third kappa shape index (κ3) is 6.53. The third-order valence-electron chi connectivity index (χ3n) is 5.87. The van der Waals surface area contributed by atoms with E-state index < -0.39 is 0 Å². The molecule has 6 heteroatoms. The van der Waals surface area contributed by atoms with Gasteiger partial charge in [0.2, 0.25) is 0 Å². The van der Waals surface area contributed by atoms with E-state index in [2.05, 4.69) is 48.5 Å². The normalized spacial score (nSPS) is 11.3. The summed E-state index contributed by atoms with van der Waals surface area (Å²) in [6, 6.07) is 25.0. The molecule has 0 N–H and O–H groups in total. The van der Waals surface area contributed by atoms with Crippen LogP contribution in [0.25, 0.3) is 32.7 Å². The highest BCUT2D eigenvalue weighted by Crippen LogP contribution is 2.45. The first-order valence-corrected chi connectivity index (χ1v) is 12.3. The number of hydrogen-bond donors (Lipinski definition) is 0. The lowest BCUT2D eigenvalue weighted by molar-refractivity contribution is 0.0542. The van der Waals surface area contributed by atoms with Crippen LogP contribution in [-0.2, 0) is 18.9 Å². The number of benzene rings is 4. The van der Waals surface area contributed by atoms with Gasteiger partial charge in [0.05, 0.1) is 39.6 Å². The van der Waals surface area contributed by atoms with E-state index in [1.54, 1.807) is 14.2 Å². The Hall–Kier alpha value is -3.16. The molecule has 0 aliphatic rings. The second-order valence-corrected chi connectivity index (χ2v) is 8.23. The van der Waals surface area contributed by atoms with Gasteiger partial charge in [0, 0.05) is 25.3 Å². The van der Waals surface area contributed by atoms with Crippen molar-refractivity contribution in [3.05, 3.63) is 72.8 Å². The molecule has 4 aromatic carbocycles. The van der Waals surface area contributed by atoms with Crippen LogP contribution in [0.3, 0.4) is 0 Å². The maximum Gasteiger partial charge on any atom is 0.128 e. The number of methoxy groups -OCH3 is 2. The van der Waals surface area contributed by atoms with Gasteiger partial charge in [0.1, 0.15) is 24.7 Å². The first kappa shape index (κ1) is 25.9. The minimum atomic E-state index is 0.434. The molecular weight excluding hydrogens is 456 g/mol.